The zero-order valence-electron chi connectivity index (χ0n) is 18.9. The predicted octanol–water partition coefficient (Wildman–Crippen LogP) is 2.63. The fraction of sp³-hybridized carbons (Fsp3) is 0.478. The molecule has 1 N–H and O–H groups in total. The summed E-state index contributed by atoms with van der Waals surface area (Å²) in [4.78, 5) is 7.33. The van der Waals surface area contributed by atoms with Gasteiger partial charge in [-0.25, -0.2) is 4.99 Å². The van der Waals surface area contributed by atoms with Crippen LogP contribution in [0.3, 0.4) is 0 Å². The van der Waals surface area contributed by atoms with Gasteiger partial charge in [0, 0.05) is 33.4 Å². The Morgan fingerprint density at radius 1 is 1.23 bits per heavy atom. The number of benzene rings is 1. The minimum atomic E-state index is 0.165. The third-order valence-corrected chi connectivity index (χ3v) is 6.07. The van der Waals surface area contributed by atoms with Crippen molar-refractivity contribution in [3.63, 3.8) is 0 Å². The minimum absolute atomic E-state index is 0.165. The zero-order valence-corrected chi connectivity index (χ0v) is 18.9. The van der Waals surface area contributed by atoms with Gasteiger partial charge in [0.2, 0.25) is 0 Å². The molecule has 0 radical (unpaired) electrons. The van der Waals surface area contributed by atoms with Gasteiger partial charge < -0.3 is 14.8 Å². The Labute approximate surface area is 184 Å². The summed E-state index contributed by atoms with van der Waals surface area (Å²) in [5.74, 6) is 3.30. The topological polar surface area (TPSA) is 76.2 Å². The summed E-state index contributed by atoms with van der Waals surface area (Å²) < 4.78 is 3.87. The van der Waals surface area contributed by atoms with Crippen molar-refractivity contribution in [2.24, 2.45) is 25.0 Å². The largest absolute Gasteiger partial charge is 0.350 e. The summed E-state index contributed by atoms with van der Waals surface area (Å²) >= 11 is 0. The van der Waals surface area contributed by atoms with Crippen LogP contribution in [0.25, 0.3) is 0 Å². The number of rotatable bonds is 6. The SMILES string of the molecule is Cc1nnc(CN=C(NC(C)c2ccccc2)N2CCC(Cc3cnn(C)c3)C2)n1C. The summed E-state index contributed by atoms with van der Waals surface area (Å²) in [5, 5.41) is 16.4. The Morgan fingerprint density at radius 3 is 2.71 bits per heavy atom. The van der Waals surface area contributed by atoms with Crippen LogP contribution >= 0.6 is 0 Å². The summed E-state index contributed by atoms with van der Waals surface area (Å²) in [6.07, 6.45) is 6.29. The third kappa shape index (κ3) is 5.13. The number of hydrogen-bond acceptors (Lipinski definition) is 4. The van der Waals surface area contributed by atoms with Gasteiger partial charge in [0.05, 0.1) is 12.2 Å². The van der Waals surface area contributed by atoms with Crippen LogP contribution < -0.4 is 5.32 Å². The van der Waals surface area contributed by atoms with Gasteiger partial charge in [-0.3, -0.25) is 4.68 Å². The van der Waals surface area contributed by atoms with Crippen molar-refractivity contribution >= 4 is 5.96 Å². The molecule has 2 atom stereocenters. The average Bonchev–Trinajstić information content (AvgIpc) is 3.48. The maximum atomic E-state index is 4.95. The number of aliphatic imine (C=N–C) groups is 1. The number of guanidine groups is 1. The number of hydrogen-bond donors (Lipinski definition) is 1. The molecule has 8 nitrogen and oxygen atoms in total. The molecular formula is C23H32N8. The van der Waals surface area contributed by atoms with Gasteiger partial charge in [0.15, 0.2) is 11.8 Å². The molecule has 31 heavy (non-hydrogen) atoms. The van der Waals surface area contributed by atoms with Crippen LogP contribution in [0.4, 0.5) is 0 Å². The first-order valence-corrected chi connectivity index (χ1v) is 10.9. The van der Waals surface area contributed by atoms with Crippen LogP contribution in [0, 0.1) is 12.8 Å². The van der Waals surface area contributed by atoms with E-state index >= 15 is 0 Å². The molecule has 8 heteroatoms. The zero-order chi connectivity index (χ0) is 21.8. The number of nitrogens with zero attached hydrogens (tertiary/aromatic N) is 7. The van der Waals surface area contributed by atoms with Crippen LogP contribution in [-0.4, -0.2) is 48.5 Å². The monoisotopic (exact) mass is 420 g/mol. The van der Waals surface area contributed by atoms with Crippen LogP contribution in [0.15, 0.2) is 47.7 Å². The van der Waals surface area contributed by atoms with Crippen molar-refractivity contribution in [1.82, 2.24) is 34.8 Å². The molecule has 0 saturated carbocycles. The Balaban J connectivity index is 1.49. The van der Waals surface area contributed by atoms with E-state index in [1.165, 1.54) is 11.1 Å². The Bertz CT molecular complexity index is 1020. The third-order valence-electron chi connectivity index (χ3n) is 6.07. The highest BCUT2D eigenvalue weighted by atomic mass is 15.3. The molecule has 0 spiro atoms. The van der Waals surface area contributed by atoms with Crippen LogP contribution in [0.1, 0.15) is 42.2 Å². The fourth-order valence-electron chi connectivity index (χ4n) is 4.09. The van der Waals surface area contributed by atoms with E-state index in [2.05, 4.69) is 62.9 Å². The summed E-state index contributed by atoms with van der Waals surface area (Å²) in [6.45, 7) is 6.63. The second-order valence-corrected chi connectivity index (χ2v) is 8.47. The van der Waals surface area contributed by atoms with Crippen molar-refractivity contribution in [2.45, 2.75) is 39.3 Å². The molecule has 1 aromatic carbocycles. The highest BCUT2D eigenvalue weighted by Crippen LogP contribution is 2.22. The molecule has 164 valence electrons. The maximum absolute atomic E-state index is 4.95. The summed E-state index contributed by atoms with van der Waals surface area (Å²) in [5.41, 5.74) is 2.55. The van der Waals surface area contributed by atoms with Crippen LogP contribution in [0.5, 0.6) is 0 Å². The van der Waals surface area contributed by atoms with E-state index in [1.807, 2.05) is 42.5 Å². The number of aromatic nitrogens is 5. The van der Waals surface area contributed by atoms with Gasteiger partial charge in [-0.15, -0.1) is 10.2 Å². The van der Waals surface area contributed by atoms with E-state index < -0.39 is 0 Å². The van der Waals surface area contributed by atoms with Crippen molar-refractivity contribution in [3.05, 3.63) is 65.5 Å². The van der Waals surface area contributed by atoms with E-state index in [0.717, 1.165) is 43.5 Å². The average molecular weight is 421 g/mol. The van der Waals surface area contributed by atoms with Gasteiger partial charge in [0.25, 0.3) is 0 Å². The maximum Gasteiger partial charge on any atom is 0.194 e. The van der Waals surface area contributed by atoms with Crippen LogP contribution in [0.2, 0.25) is 0 Å². The first-order chi connectivity index (χ1) is 15.0. The first kappa shape index (κ1) is 21.1. The number of aryl methyl sites for hydroxylation is 2. The molecule has 1 aliphatic heterocycles. The van der Waals surface area contributed by atoms with Crippen LogP contribution in [-0.2, 0) is 27.1 Å². The second kappa shape index (κ2) is 9.32. The van der Waals surface area contributed by atoms with E-state index in [-0.39, 0.29) is 6.04 Å². The number of nitrogens with one attached hydrogen (secondary N) is 1. The molecule has 1 saturated heterocycles. The van der Waals surface area contributed by atoms with Gasteiger partial charge in [0.1, 0.15) is 12.4 Å². The van der Waals surface area contributed by atoms with Crippen molar-refractivity contribution in [2.75, 3.05) is 13.1 Å². The molecule has 1 fully saturated rings. The predicted molar refractivity (Wildman–Crippen MR) is 121 cm³/mol. The molecule has 3 aromatic rings. The molecular weight excluding hydrogens is 388 g/mol. The second-order valence-electron chi connectivity index (χ2n) is 8.47. The summed E-state index contributed by atoms with van der Waals surface area (Å²) in [7, 11) is 3.96. The molecule has 2 unspecified atom stereocenters. The minimum Gasteiger partial charge on any atom is -0.350 e. The quantitative estimate of drug-likeness (QED) is 0.490. The lowest BCUT2D eigenvalue weighted by Crippen LogP contribution is -2.41. The van der Waals surface area contributed by atoms with Gasteiger partial charge >= 0.3 is 0 Å². The van der Waals surface area contributed by atoms with E-state index in [0.29, 0.717) is 12.5 Å². The lowest BCUT2D eigenvalue weighted by Gasteiger charge is -2.25. The van der Waals surface area contributed by atoms with E-state index in [9.17, 15) is 0 Å². The fourth-order valence-corrected chi connectivity index (χ4v) is 4.09. The lowest BCUT2D eigenvalue weighted by atomic mass is 10.0. The molecule has 4 rings (SSSR count). The van der Waals surface area contributed by atoms with Gasteiger partial charge in [-0.2, -0.15) is 5.10 Å². The molecule has 3 heterocycles. The molecule has 0 aliphatic carbocycles. The molecule has 0 bridgehead atoms. The smallest absolute Gasteiger partial charge is 0.194 e. The normalized spacial score (nSPS) is 17.9. The van der Waals surface area contributed by atoms with E-state index in [1.54, 1.807) is 0 Å². The van der Waals surface area contributed by atoms with E-state index in [4.69, 9.17) is 4.99 Å². The Morgan fingerprint density at radius 2 is 2.03 bits per heavy atom. The van der Waals surface area contributed by atoms with Gasteiger partial charge in [-0.1, -0.05) is 30.3 Å². The van der Waals surface area contributed by atoms with Crippen molar-refractivity contribution in [3.8, 4) is 0 Å². The highest BCUT2D eigenvalue weighted by molar-refractivity contribution is 5.80. The Hall–Kier alpha value is -3.16. The Kier molecular flexibility index (Phi) is 6.34. The molecule has 0 amide bonds. The van der Waals surface area contributed by atoms with Crippen molar-refractivity contribution in [1.29, 1.82) is 0 Å². The molecule has 2 aromatic heterocycles. The standard InChI is InChI=1S/C23H32N8/c1-17(21-8-6-5-7-9-21)26-23(24-14-22-28-27-18(2)30(22)4)31-11-10-19(16-31)12-20-13-25-29(3)15-20/h5-9,13,15,17,19H,10-12,14,16H2,1-4H3,(H,24,26). The van der Waals surface area contributed by atoms with Crippen molar-refractivity contribution < 1.29 is 0 Å². The summed E-state index contributed by atoms with van der Waals surface area (Å²) in [6, 6.07) is 10.7. The lowest BCUT2D eigenvalue weighted by molar-refractivity contribution is 0.449. The first-order valence-electron chi connectivity index (χ1n) is 10.9. The molecule has 1 aliphatic rings. The number of likely N-dealkylation sites (tertiary alicyclic amines) is 1. The highest BCUT2D eigenvalue weighted by Gasteiger charge is 2.26. The van der Waals surface area contributed by atoms with Gasteiger partial charge in [-0.05, 0) is 43.7 Å².